The SMILES string of the molecule is CC1(C)c2ccccc2-c2cc(-c3ccc(-c4ccc5oc6cccc(-c7nc(-c8ccc(-c9ccccc9)cc8)nc(-c8ccc9c(c8)oc8ccccc89)n7)c6c5c4)cc3)ccc21. The van der Waals surface area contributed by atoms with Crippen LogP contribution in [0.2, 0.25) is 0 Å². The van der Waals surface area contributed by atoms with Crippen LogP contribution in [0.15, 0.2) is 209 Å². The monoisotopic (exact) mass is 833 g/mol. The van der Waals surface area contributed by atoms with E-state index >= 15 is 0 Å². The van der Waals surface area contributed by atoms with Crippen molar-refractivity contribution in [1.29, 1.82) is 0 Å². The third kappa shape index (κ3) is 6.04. The van der Waals surface area contributed by atoms with E-state index < -0.39 is 0 Å². The van der Waals surface area contributed by atoms with E-state index in [2.05, 4.69) is 172 Å². The largest absolute Gasteiger partial charge is 0.456 e. The Bertz CT molecular complexity index is 3840. The van der Waals surface area contributed by atoms with Crippen LogP contribution in [0.25, 0.3) is 123 Å². The number of aromatic nitrogens is 3. The van der Waals surface area contributed by atoms with Crippen LogP contribution >= 0.6 is 0 Å². The molecule has 0 fully saturated rings. The third-order valence-electron chi connectivity index (χ3n) is 13.4. The van der Waals surface area contributed by atoms with Gasteiger partial charge in [-0.25, -0.2) is 15.0 Å². The number of hydrogen-bond acceptors (Lipinski definition) is 5. The molecule has 0 atom stereocenters. The van der Waals surface area contributed by atoms with E-state index in [0.717, 1.165) is 82.8 Å². The second-order valence-electron chi connectivity index (χ2n) is 17.6. The highest BCUT2D eigenvalue weighted by molar-refractivity contribution is 6.13. The Balaban J connectivity index is 0.912. The van der Waals surface area contributed by atoms with E-state index in [4.69, 9.17) is 23.8 Å². The van der Waals surface area contributed by atoms with Crippen molar-refractivity contribution in [2.24, 2.45) is 0 Å². The normalized spacial score (nSPS) is 12.9. The van der Waals surface area contributed by atoms with E-state index in [1.165, 1.54) is 33.4 Å². The molecule has 0 unspecified atom stereocenters. The van der Waals surface area contributed by atoms with Crippen LogP contribution in [0, 0.1) is 0 Å². The van der Waals surface area contributed by atoms with Gasteiger partial charge in [-0.2, -0.15) is 0 Å². The van der Waals surface area contributed by atoms with Crippen molar-refractivity contribution in [1.82, 2.24) is 15.0 Å². The fraction of sp³-hybridized carbons (Fsp3) is 0.0500. The quantitative estimate of drug-likeness (QED) is 0.167. The van der Waals surface area contributed by atoms with Crippen molar-refractivity contribution in [3.63, 3.8) is 0 Å². The van der Waals surface area contributed by atoms with Gasteiger partial charge in [0, 0.05) is 43.7 Å². The summed E-state index contributed by atoms with van der Waals surface area (Å²) < 4.78 is 12.9. The average molecular weight is 834 g/mol. The molecule has 1 aliphatic carbocycles. The minimum Gasteiger partial charge on any atom is -0.456 e. The maximum Gasteiger partial charge on any atom is 0.164 e. The maximum atomic E-state index is 6.54. The molecular formula is C60H39N3O2. The molecule has 0 saturated heterocycles. The summed E-state index contributed by atoms with van der Waals surface area (Å²) in [6.45, 7) is 4.65. The van der Waals surface area contributed by atoms with Gasteiger partial charge in [0.25, 0.3) is 0 Å². The molecule has 0 N–H and O–H groups in total. The molecule has 5 nitrogen and oxygen atoms in total. The molecule has 9 aromatic carbocycles. The summed E-state index contributed by atoms with van der Waals surface area (Å²) in [7, 11) is 0. The number of fused-ring (bicyclic) bond motifs is 9. The fourth-order valence-electron chi connectivity index (χ4n) is 10.0. The topological polar surface area (TPSA) is 65.0 Å². The van der Waals surface area contributed by atoms with Gasteiger partial charge < -0.3 is 8.83 Å². The summed E-state index contributed by atoms with van der Waals surface area (Å²) in [6.07, 6.45) is 0. The highest BCUT2D eigenvalue weighted by Crippen LogP contribution is 2.49. The molecule has 13 rings (SSSR count). The van der Waals surface area contributed by atoms with Crippen LogP contribution in [0.5, 0.6) is 0 Å². The second-order valence-corrected chi connectivity index (χ2v) is 17.6. The van der Waals surface area contributed by atoms with E-state index in [1.807, 2.05) is 42.5 Å². The zero-order valence-electron chi connectivity index (χ0n) is 35.7. The Morgan fingerprint density at radius 1 is 0.308 bits per heavy atom. The summed E-state index contributed by atoms with van der Waals surface area (Å²) >= 11 is 0. The molecule has 0 saturated carbocycles. The Hall–Kier alpha value is -8.41. The lowest BCUT2D eigenvalue weighted by Crippen LogP contribution is -2.14. The molecule has 0 spiro atoms. The van der Waals surface area contributed by atoms with Crippen LogP contribution in [0.1, 0.15) is 25.0 Å². The van der Waals surface area contributed by atoms with Crippen LogP contribution in [-0.2, 0) is 5.41 Å². The molecule has 0 radical (unpaired) electrons. The first-order chi connectivity index (χ1) is 31.9. The zero-order chi connectivity index (χ0) is 43.2. The Morgan fingerprint density at radius 3 is 1.65 bits per heavy atom. The van der Waals surface area contributed by atoms with Gasteiger partial charge in [0.1, 0.15) is 22.3 Å². The predicted octanol–water partition coefficient (Wildman–Crippen LogP) is 16.0. The lowest BCUT2D eigenvalue weighted by molar-refractivity contribution is 0.660. The molecule has 0 amide bonds. The number of para-hydroxylation sites is 1. The zero-order valence-corrected chi connectivity index (χ0v) is 35.7. The Kier molecular flexibility index (Phi) is 8.18. The lowest BCUT2D eigenvalue weighted by atomic mass is 9.82. The number of rotatable bonds is 6. The van der Waals surface area contributed by atoms with Gasteiger partial charge in [-0.3, -0.25) is 0 Å². The third-order valence-corrected chi connectivity index (χ3v) is 13.4. The summed E-state index contributed by atoms with van der Waals surface area (Å²) in [4.78, 5) is 15.5. The van der Waals surface area contributed by atoms with Crippen molar-refractivity contribution < 1.29 is 8.83 Å². The number of hydrogen-bond donors (Lipinski definition) is 0. The lowest BCUT2D eigenvalue weighted by Gasteiger charge is -2.21. The van der Waals surface area contributed by atoms with Gasteiger partial charge in [-0.05, 0) is 98.1 Å². The first-order valence-corrected chi connectivity index (χ1v) is 22.1. The highest BCUT2D eigenvalue weighted by atomic mass is 16.3. The van der Waals surface area contributed by atoms with E-state index in [-0.39, 0.29) is 5.41 Å². The first-order valence-electron chi connectivity index (χ1n) is 22.1. The van der Waals surface area contributed by atoms with Crippen molar-refractivity contribution in [3.8, 4) is 78.7 Å². The maximum absolute atomic E-state index is 6.54. The smallest absolute Gasteiger partial charge is 0.164 e. The van der Waals surface area contributed by atoms with Gasteiger partial charge in [0.15, 0.2) is 17.5 Å². The minimum absolute atomic E-state index is 0.0155. The number of furan rings is 2. The molecule has 0 bridgehead atoms. The number of benzene rings is 9. The Morgan fingerprint density at radius 2 is 0.831 bits per heavy atom. The molecule has 306 valence electrons. The molecule has 1 aliphatic rings. The molecule has 5 heteroatoms. The van der Waals surface area contributed by atoms with Crippen molar-refractivity contribution in [3.05, 3.63) is 211 Å². The first kappa shape index (κ1) is 37.2. The molecule has 3 heterocycles. The van der Waals surface area contributed by atoms with Crippen LogP contribution in [-0.4, -0.2) is 15.0 Å². The van der Waals surface area contributed by atoms with Crippen molar-refractivity contribution >= 4 is 43.9 Å². The van der Waals surface area contributed by atoms with Crippen molar-refractivity contribution in [2.75, 3.05) is 0 Å². The summed E-state index contributed by atoms with van der Waals surface area (Å²) in [5.74, 6) is 1.70. The Labute approximate surface area is 375 Å². The predicted molar refractivity (Wildman–Crippen MR) is 265 cm³/mol. The minimum atomic E-state index is -0.0155. The summed E-state index contributed by atoms with van der Waals surface area (Å²) in [5.41, 5.74) is 18.1. The van der Waals surface area contributed by atoms with Crippen LogP contribution in [0.3, 0.4) is 0 Å². The number of nitrogens with zero attached hydrogens (tertiary/aromatic N) is 3. The van der Waals surface area contributed by atoms with E-state index in [9.17, 15) is 0 Å². The average Bonchev–Trinajstić information content (AvgIpc) is 4.01. The van der Waals surface area contributed by atoms with E-state index in [0.29, 0.717) is 17.5 Å². The van der Waals surface area contributed by atoms with Gasteiger partial charge >= 0.3 is 0 Å². The summed E-state index contributed by atoms with van der Waals surface area (Å²) in [6, 6.07) is 70.3. The molecule has 12 aromatic rings. The van der Waals surface area contributed by atoms with Gasteiger partial charge in [0.2, 0.25) is 0 Å². The fourth-order valence-corrected chi connectivity index (χ4v) is 10.0. The second kappa shape index (κ2) is 14.3. The van der Waals surface area contributed by atoms with Gasteiger partial charge in [-0.15, -0.1) is 0 Å². The molecular weight excluding hydrogens is 795 g/mol. The van der Waals surface area contributed by atoms with Gasteiger partial charge in [0.05, 0.1) is 0 Å². The van der Waals surface area contributed by atoms with E-state index in [1.54, 1.807) is 0 Å². The van der Waals surface area contributed by atoms with Crippen molar-refractivity contribution in [2.45, 2.75) is 19.3 Å². The molecule has 0 aliphatic heterocycles. The standard InChI is InChI=1S/C60H39N3O2/c1-60(2)50-16-8-6-13-44(50)48-33-41(28-31-51(48)60)38-19-21-39(22-20-38)42-29-32-53-49(34-42)56-47(15-10-18-54(56)64-53)59-62-57(40-25-23-37(24-26-40)36-11-4-3-5-12-36)61-58(63-59)43-27-30-46-45-14-7-9-17-52(45)65-55(46)35-43/h3-35H,1-2H3. The van der Waals surface area contributed by atoms with Crippen LogP contribution < -0.4 is 0 Å². The highest BCUT2D eigenvalue weighted by Gasteiger charge is 2.35. The summed E-state index contributed by atoms with van der Waals surface area (Å²) in [5, 5.41) is 4.08. The van der Waals surface area contributed by atoms with Crippen LogP contribution in [0.4, 0.5) is 0 Å². The molecule has 3 aromatic heterocycles. The van der Waals surface area contributed by atoms with Gasteiger partial charge in [-0.1, -0.05) is 172 Å². The molecule has 65 heavy (non-hydrogen) atoms.